The van der Waals surface area contributed by atoms with Gasteiger partial charge < -0.3 is 19.6 Å². The Hall–Kier alpha value is -3.02. The second-order valence-corrected chi connectivity index (χ2v) is 10.0. The van der Waals surface area contributed by atoms with Crippen LogP contribution in [0.2, 0.25) is 0 Å². The van der Waals surface area contributed by atoms with Crippen LogP contribution >= 0.6 is 0 Å². The maximum absolute atomic E-state index is 13.8. The summed E-state index contributed by atoms with van der Waals surface area (Å²) in [5, 5.41) is 11.6. The van der Waals surface area contributed by atoms with Gasteiger partial charge in [-0.25, -0.2) is 0 Å². The third kappa shape index (κ3) is 4.38. The van der Waals surface area contributed by atoms with Crippen molar-refractivity contribution in [1.29, 1.82) is 0 Å². The van der Waals surface area contributed by atoms with E-state index >= 15 is 0 Å². The number of phenols is 1. The number of ether oxygens (including phenoxy) is 1. The number of unbranched alkanes of at least 4 members (excludes halogenated alkanes) is 2. The number of piperazine rings is 1. The van der Waals surface area contributed by atoms with Crippen LogP contribution in [0.4, 0.5) is 0 Å². The SMILES string of the molecule is CCCCCc1cc2c(c(O)c1C(=O)N1CCN(C(C)=O)CC1)-c1cc(C)ccc1C(C)(C)O2. The van der Waals surface area contributed by atoms with Crippen LogP contribution in [-0.4, -0.2) is 52.9 Å². The molecule has 1 N–H and O–H groups in total. The first-order valence-corrected chi connectivity index (χ1v) is 12.4. The number of aryl methyl sites for hydroxylation is 2. The first kappa shape index (κ1) is 24.1. The van der Waals surface area contributed by atoms with E-state index in [1.165, 1.54) is 0 Å². The van der Waals surface area contributed by atoms with Crippen LogP contribution < -0.4 is 4.74 Å². The summed E-state index contributed by atoms with van der Waals surface area (Å²) in [6, 6.07) is 8.13. The average Bonchev–Trinajstić information content (AvgIpc) is 2.78. The maximum atomic E-state index is 13.8. The van der Waals surface area contributed by atoms with E-state index in [1.807, 2.05) is 39.0 Å². The third-order valence-corrected chi connectivity index (χ3v) is 7.08. The molecule has 2 aromatic rings. The Morgan fingerprint density at radius 3 is 2.38 bits per heavy atom. The van der Waals surface area contributed by atoms with Gasteiger partial charge in [-0.05, 0) is 50.8 Å². The van der Waals surface area contributed by atoms with Gasteiger partial charge in [0.05, 0.1) is 11.1 Å². The Labute approximate surface area is 202 Å². The highest BCUT2D eigenvalue weighted by Gasteiger charge is 2.37. The number of aromatic hydroxyl groups is 1. The molecule has 6 heteroatoms. The fourth-order valence-electron chi connectivity index (χ4n) is 5.14. The summed E-state index contributed by atoms with van der Waals surface area (Å²) in [6.45, 7) is 11.7. The molecule has 0 bridgehead atoms. The molecule has 0 spiro atoms. The highest BCUT2D eigenvalue weighted by Crippen LogP contribution is 2.51. The molecule has 2 aromatic carbocycles. The van der Waals surface area contributed by atoms with Gasteiger partial charge in [-0.2, -0.15) is 0 Å². The second kappa shape index (κ2) is 9.32. The number of amides is 2. The number of carbonyl (C=O) groups is 2. The van der Waals surface area contributed by atoms with Gasteiger partial charge in [0, 0.05) is 38.7 Å². The van der Waals surface area contributed by atoms with Gasteiger partial charge in [-0.3, -0.25) is 9.59 Å². The van der Waals surface area contributed by atoms with Crippen molar-refractivity contribution in [2.45, 2.75) is 65.9 Å². The maximum Gasteiger partial charge on any atom is 0.258 e. The number of fused-ring (bicyclic) bond motifs is 3. The van der Waals surface area contributed by atoms with E-state index in [0.29, 0.717) is 49.5 Å². The van der Waals surface area contributed by atoms with E-state index in [2.05, 4.69) is 13.0 Å². The van der Waals surface area contributed by atoms with Crippen LogP contribution in [0.3, 0.4) is 0 Å². The van der Waals surface area contributed by atoms with Gasteiger partial charge in [0.25, 0.3) is 5.91 Å². The van der Waals surface area contributed by atoms with Crippen LogP contribution in [-0.2, 0) is 16.8 Å². The molecule has 0 saturated carbocycles. The van der Waals surface area contributed by atoms with Crippen LogP contribution in [0.15, 0.2) is 24.3 Å². The summed E-state index contributed by atoms with van der Waals surface area (Å²) in [5.41, 5.74) is 4.26. The predicted octanol–water partition coefficient (Wildman–Crippen LogP) is 5.03. The van der Waals surface area contributed by atoms with Gasteiger partial charge in [0.2, 0.25) is 5.91 Å². The van der Waals surface area contributed by atoms with E-state index in [1.54, 1.807) is 16.7 Å². The smallest absolute Gasteiger partial charge is 0.258 e. The minimum absolute atomic E-state index is 0.00495. The van der Waals surface area contributed by atoms with Crippen LogP contribution in [0.1, 0.15) is 74.0 Å². The van der Waals surface area contributed by atoms with Gasteiger partial charge in [0.1, 0.15) is 17.1 Å². The molecule has 1 saturated heterocycles. The molecular weight excluding hydrogens is 428 g/mol. The van der Waals surface area contributed by atoms with Crippen molar-refractivity contribution < 1.29 is 19.4 Å². The molecule has 6 nitrogen and oxygen atoms in total. The summed E-state index contributed by atoms with van der Waals surface area (Å²) in [7, 11) is 0. The highest BCUT2D eigenvalue weighted by atomic mass is 16.5. The summed E-state index contributed by atoms with van der Waals surface area (Å²) >= 11 is 0. The Kier molecular flexibility index (Phi) is 6.61. The second-order valence-electron chi connectivity index (χ2n) is 10.0. The van der Waals surface area contributed by atoms with Crippen molar-refractivity contribution in [3.63, 3.8) is 0 Å². The molecule has 0 atom stereocenters. The summed E-state index contributed by atoms with van der Waals surface area (Å²) < 4.78 is 6.41. The number of nitrogens with zero attached hydrogens (tertiary/aromatic N) is 2. The molecule has 1 fully saturated rings. The lowest BCUT2D eigenvalue weighted by molar-refractivity contribution is -0.130. The number of carbonyl (C=O) groups excluding carboxylic acids is 2. The molecule has 0 aromatic heterocycles. The van der Waals surface area contributed by atoms with E-state index in [4.69, 9.17) is 4.74 Å². The molecule has 34 heavy (non-hydrogen) atoms. The Balaban J connectivity index is 1.81. The van der Waals surface area contributed by atoms with Crippen molar-refractivity contribution in [3.05, 3.63) is 46.5 Å². The zero-order valence-corrected chi connectivity index (χ0v) is 21.0. The Morgan fingerprint density at radius 2 is 1.74 bits per heavy atom. The zero-order chi connectivity index (χ0) is 24.6. The van der Waals surface area contributed by atoms with Crippen molar-refractivity contribution >= 4 is 11.8 Å². The van der Waals surface area contributed by atoms with Gasteiger partial charge in [-0.15, -0.1) is 0 Å². The van der Waals surface area contributed by atoms with Gasteiger partial charge in [-0.1, -0.05) is 43.5 Å². The molecule has 2 aliphatic rings. The topological polar surface area (TPSA) is 70.1 Å². The number of hydrogen-bond acceptors (Lipinski definition) is 4. The van der Waals surface area contributed by atoms with Crippen molar-refractivity contribution in [3.8, 4) is 22.6 Å². The van der Waals surface area contributed by atoms with Gasteiger partial charge >= 0.3 is 0 Å². The minimum Gasteiger partial charge on any atom is -0.506 e. The van der Waals surface area contributed by atoms with Gasteiger partial charge in [0.15, 0.2) is 0 Å². The lowest BCUT2D eigenvalue weighted by atomic mass is 9.83. The number of rotatable bonds is 5. The van der Waals surface area contributed by atoms with Crippen molar-refractivity contribution in [1.82, 2.24) is 9.80 Å². The summed E-state index contributed by atoms with van der Waals surface area (Å²) in [5.74, 6) is 0.486. The van der Waals surface area contributed by atoms with E-state index in [0.717, 1.165) is 41.5 Å². The minimum atomic E-state index is -0.544. The number of benzene rings is 2. The molecule has 2 aliphatic heterocycles. The normalized spacial score (nSPS) is 16.5. The predicted molar refractivity (Wildman–Crippen MR) is 133 cm³/mol. The average molecular weight is 465 g/mol. The Morgan fingerprint density at radius 1 is 1.06 bits per heavy atom. The first-order valence-electron chi connectivity index (χ1n) is 12.4. The largest absolute Gasteiger partial charge is 0.506 e. The van der Waals surface area contributed by atoms with E-state index in [9.17, 15) is 14.7 Å². The van der Waals surface area contributed by atoms with Crippen LogP contribution in [0, 0.1) is 6.92 Å². The van der Waals surface area contributed by atoms with Crippen LogP contribution in [0.5, 0.6) is 11.5 Å². The zero-order valence-electron chi connectivity index (χ0n) is 21.0. The molecular formula is C28H36N2O4. The van der Waals surface area contributed by atoms with Crippen molar-refractivity contribution in [2.75, 3.05) is 26.2 Å². The number of phenolic OH excluding ortho intramolecular Hbond substituents is 1. The number of hydrogen-bond donors (Lipinski definition) is 1. The molecule has 2 amide bonds. The summed E-state index contributed by atoms with van der Waals surface area (Å²) in [4.78, 5) is 29.0. The third-order valence-electron chi connectivity index (χ3n) is 7.08. The molecule has 0 unspecified atom stereocenters. The Bertz CT molecular complexity index is 1110. The molecule has 2 heterocycles. The lowest BCUT2D eigenvalue weighted by Crippen LogP contribution is -2.50. The van der Waals surface area contributed by atoms with Crippen molar-refractivity contribution in [2.24, 2.45) is 0 Å². The lowest BCUT2D eigenvalue weighted by Gasteiger charge is -2.37. The van der Waals surface area contributed by atoms with E-state index < -0.39 is 5.60 Å². The summed E-state index contributed by atoms with van der Waals surface area (Å²) in [6.07, 6.45) is 3.76. The standard InChI is InChI=1S/C28H36N2O4/c1-6-7-8-9-20-17-23-25(21-16-18(2)10-11-22(21)28(4,5)34-23)26(32)24(20)27(33)30-14-12-29(13-15-30)19(3)31/h10-11,16-17,32H,6-9,12-15H2,1-5H3. The van der Waals surface area contributed by atoms with Crippen LogP contribution in [0.25, 0.3) is 11.1 Å². The molecule has 0 aliphatic carbocycles. The monoisotopic (exact) mass is 464 g/mol. The highest BCUT2D eigenvalue weighted by molar-refractivity contribution is 6.02. The fraction of sp³-hybridized carbons (Fsp3) is 0.500. The van der Waals surface area contributed by atoms with E-state index in [-0.39, 0.29) is 17.6 Å². The molecule has 0 radical (unpaired) electrons. The fourth-order valence-corrected chi connectivity index (χ4v) is 5.14. The molecule has 182 valence electrons. The quantitative estimate of drug-likeness (QED) is 0.630. The first-order chi connectivity index (χ1) is 16.1. The molecule has 4 rings (SSSR count).